The Balaban J connectivity index is 1.71. The van der Waals surface area contributed by atoms with Gasteiger partial charge in [-0.25, -0.2) is 15.2 Å². The molecule has 2 aromatic rings. The van der Waals surface area contributed by atoms with Crippen molar-refractivity contribution in [3.63, 3.8) is 0 Å². The first-order chi connectivity index (χ1) is 12.2. The largest absolute Gasteiger partial charge is 0.443 e. The Labute approximate surface area is 146 Å². The summed E-state index contributed by atoms with van der Waals surface area (Å²) >= 11 is 0. The normalized spacial score (nSPS) is 16.3. The van der Waals surface area contributed by atoms with E-state index < -0.39 is 6.09 Å². The Morgan fingerprint density at radius 2 is 1.88 bits per heavy atom. The van der Waals surface area contributed by atoms with Gasteiger partial charge in [-0.15, -0.1) is 0 Å². The number of carbonyl (C=O) groups is 2. The van der Waals surface area contributed by atoms with Gasteiger partial charge in [0.1, 0.15) is 6.61 Å². The lowest BCUT2D eigenvalue weighted by atomic mass is 9.93. The molecule has 0 fully saturated rings. The number of fused-ring (bicyclic) bond motifs is 1. The van der Waals surface area contributed by atoms with E-state index in [9.17, 15) is 9.59 Å². The molecule has 6 nitrogen and oxygen atoms in total. The minimum absolute atomic E-state index is 0.137. The predicted octanol–water partition coefficient (Wildman–Crippen LogP) is 2.68. The summed E-state index contributed by atoms with van der Waals surface area (Å²) < 4.78 is 10.3. The number of benzene rings is 2. The van der Waals surface area contributed by atoms with Crippen LogP contribution in [0.2, 0.25) is 0 Å². The average Bonchev–Trinajstić information content (AvgIpc) is 2.64. The monoisotopic (exact) mass is 340 g/mol. The molecule has 3 rings (SSSR count). The second-order valence-electron chi connectivity index (χ2n) is 5.83. The van der Waals surface area contributed by atoms with Gasteiger partial charge in [-0.1, -0.05) is 48.5 Å². The van der Waals surface area contributed by atoms with Crippen LogP contribution in [0.3, 0.4) is 0 Å². The van der Waals surface area contributed by atoms with Gasteiger partial charge in [0.05, 0.1) is 18.2 Å². The quantitative estimate of drug-likeness (QED) is 0.909. The van der Waals surface area contributed by atoms with Crippen LogP contribution in [-0.4, -0.2) is 25.7 Å². The summed E-state index contributed by atoms with van der Waals surface area (Å²) in [6.45, 7) is 0.433. The molecule has 130 valence electrons. The van der Waals surface area contributed by atoms with E-state index in [1.54, 1.807) is 13.2 Å². The Kier molecular flexibility index (Phi) is 5.30. The van der Waals surface area contributed by atoms with Gasteiger partial charge in [0.15, 0.2) is 0 Å². The molecule has 2 amide bonds. The summed E-state index contributed by atoms with van der Waals surface area (Å²) in [7, 11) is 1.56. The van der Waals surface area contributed by atoms with Gasteiger partial charge in [-0.2, -0.15) is 0 Å². The molecule has 0 spiro atoms. The number of hydrogen-bond acceptors (Lipinski definition) is 4. The van der Waals surface area contributed by atoms with Gasteiger partial charge in [0.2, 0.25) is 0 Å². The van der Waals surface area contributed by atoms with E-state index >= 15 is 0 Å². The number of carbonyl (C=O) groups excluding carboxylic acids is 2. The number of para-hydroxylation sites is 1. The number of hydrazine groups is 1. The summed E-state index contributed by atoms with van der Waals surface area (Å²) in [5, 5.41) is 1.26. The fraction of sp³-hybridized carbons (Fsp3) is 0.263. The van der Waals surface area contributed by atoms with E-state index in [0.29, 0.717) is 18.7 Å². The topological polar surface area (TPSA) is 67.9 Å². The van der Waals surface area contributed by atoms with Gasteiger partial charge in [-0.05, 0) is 23.6 Å². The number of methoxy groups -OCH3 is 1. The van der Waals surface area contributed by atoms with Crippen molar-refractivity contribution in [1.29, 1.82) is 0 Å². The van der Waals surface area contributed by atoms with Crippen molar-refractivity contribution in [2.75, 3.05) is 18.7 Å². The van der Waals surface area contributed by atoms with Crippen molar-refractivity contribution in [2.45, 2.75) is 13.0 Å². The highest BCUT2D eigenvalue weighted by atomic mass is 16.6. The number of hydrogen-bond donors (Lipinski definition) is 1. The molecule has 0 bridgehead atoms. The molecule has 1 atom stereocenters. The van der Waals surface area contributed by atoms with E-state index in [-0.39, 0.29) is 18.4 Å². The van der Waals surface area contributed by atoms with Gasteiger partial charge in [0, 0.05) is 7.11 Å². The number of amides is 2. The first-order valence-electron chi connectivity index (χ1n) is 8.07. The zero-order chi connectivity index (χ0) is 17.6. The highest BCUT2D eigenvalue weighted by Gasteiger charge is 2.34. The summed E-state index contributed by atoms with van der Waals surface area (Å²) in [6, 6.07) is 16.8. The lowest BCUT2D eigenvalue weighted by Gasteiger charge is -2.33. The Hall–Kier alpha value is -2.86. The summed E-state index contributed by atoms with van der Waals surface area (Å²) in [4.78, 5) is 24.8. The van der Waals surface area contributed by atoms with E-state index in [1.807, 2.05) is 48.5 Å². The minimum Gasteiger partial charge on any atom is -0.443 e. The van der Waals surface area contributed by atoms with E-state index in [4.69, 9.17) is 9.47 Å². The maximum atomic E-state index is 12.7. The molecule has 0 saturated carbocycles. The highest BCUT2D eigenvalue weighted by molar-refractivity contribution is 5.99. The third kappa shape index (κ3) is 3.97. The van der Waals surface area contributed by atoms with Crippen molar-refractivity contribution >= 4 is 17.7 Å². The second kappa shape index (κ2) is 7.81. The lowest BCUT2D eigenvalue weighted by Crippen LogP contribution is -2.52. The number of nitrogens with zero attached hydrogens (tertiary/aromatic N) is 1. The van der Waals surface area contributed by atoms with Crippen molar-refractivity contribution in [3.05, 3.63) is 65.7 Å². The van der Waals surface area contributed by atoms with Crippen LogP contribution in [0.1, 0.15) is 11.1 Å². The van der Waals surface area contributed by atoms with E-state index in [2.05, 4.69) is 5.43 Å². The smallest absolute Gasteiger partial charge is 0.426 e. The van der Waals surface area contributed by atoms with Crippen LogP contribution in [0.15, 0.2) is 54.6 Å². The predicted molar refractivity (Wildman–Crippen MR) is 92.8 cm³/mol. The third-order valence-electron chi connectivity index (χ3n) is 4.05. The highest BCUT2D eigenvalue weighted by Crippen LogP contribution is 2.29. The third-order valence-corrected chi connectivity index (χ3v) is 4.05. The zero-order valence-corrected chi connectivity index (χ0v) is 14.0. The van der Waals surface area contributed by atoms with Gasteiger partial charge >= 0.3 is 6.09 Å². The number of ether oxygens (including phenoxy) is 2. The Bertz CT molecular complexity index is 748. The average molecular weight is 340 g/mol. The molecule has 1 aliphatic heterocycles. The summed E-state index contributed by atoms with van der Waals surface area (Å²) in [6.07, 6.45) is -0.0924. The van der Waals surface area contributed by atoms with Crippen LogP contribution < -0.4 is 10.4 Å². The summed E-state index contributed by atoms with van der Waals surface area (Å²) in [5.74, 6) is -0.550. The van der Waals surface area contributed by atoms with E-state index in [1.165, 1.54) is 5.01 Å². The molecule has 1 aliphatic rings. The molecule has 0 radical (unpaired) electrons. The maximum Gasteiger partial charge on any atom is 0.426 e. The molecule has 0 aliphatic carbocycles. The Morgan fingerprint density at radius 1 is 1.16 bits per heavy atom. The molecule has 25 heavy (non-hydrogen) atoms. The van der Waals surface area contributed by atoms with Crippen molar-refractivity contribution < 1.29 is 19.1 Å². The van der Waals surface area contributed by atoms with Crippen LogP contribution in [0.4, 0.5) is 10.5 Å². The van der Waals surface area contributed by atoms with Crippen LogP contribution in [-0.2, 0) is 27.3 Å². The number of nitrogens with one attached hydrogen (secondary N) is 1. The summed E-state index contributed by atoms with van der Waals surface area (Å²) in [5.41, 5.74) is 5.07. The van der Waals surface area contributed by atoms with Crippen LogP contribution in [0.25, 0.3) is 0 Å². The van der Waals surface area contributed by atoms with Gasteiger partial charge in [0.25, 0.3) is 5.91 Å². The Morgan fingerprint density at radius 3 is 2.64 bits per heavy atom. The molecule has 0 saturated heterocycles. The molecule has 0 aromatic heterocycles. The first kappa shape index (κ1) is 17.0. The fourth-order valence-corrected chi connectivity index (χ4v) is 2.85. The van der Waals surface area contributed by atoms with Crippen molar-refractivity contribution in [1.82, 2.24) is 5.43 Å². The fourth-order valence-electron chi connectivity index (χ4n) is 2.85. The van der Waals surface area contributed by atoms with Gasteiger partial charge < -0.3 is 9.47 Å². The standard InChI is InChI=1S/C19H20N2O4/c1-24-13-16-11-15-9-5-6-10-17(15)21(18(16)22)20-19(23)25-12-14-7-3-2-4-8-14/h2-10,16H,11-13H2,1H3,(H,20,23)/t16-/m0/s1. The number of rotatable bonds is 5. The molecule has 0 unspecified atom stereocenters. The molecular weight excluding hydrogens is 320 g/mol. The lowest BCUT2D eigenvalue weighted by molar-refractivity contribution is -0.125. The van der Waals surface area contributed by atoms with Crippen LogP contribution in [0.5, 0.6) is 0 Å². The molecule has 2 aromatic carbocycles. The van der Waals surface area contributed by atoms with Crippen LogP contribution >= 0.6 is 0 Å². The van der Waals surface area contributed by atoms with E-state index in [0.717, 1.165) is 11.1 Å². The SMILES string of the molecule is COC[C@@H]1Cc2ccccc2N(NC(=O)OCc2ccccc2)C1=O. The number of anilines is 1. The zero-order valence-electron chi connectivity index (χ0n) is 14.0. The van der Waals surface area contributed by atoms with Crippen LogP contribution in [0, 0.1) is 5.92 Å². The molecule has 1 N–H and O–H groups in total. The molecule has 1 heterocycles. The van der Waals surface area contributed by atoms with Gasteiger partial charge in [-0.3, -0.25) is 4.79 Å². The first-order valence-corrected chi connectivity index (χ1v) is 8.07. The molecule has 6 heteroatoms. The molecular formula is C19H20N2O4. The van der Waals surface area contributed by atoms with Crippen molar-refractivity contribution in [3.8, 4) is 0 Å². The minimum atomic E-state index is -0.676. The van der Waals surface area contributed by atoms with Crippen molar-refractivity contribution in [2.24, 2.45) is 5.92 Å². The second-order valence-corrected chi connectivity index (χ2v) is 5.83. The maximum absolute atomic E-state index is 12.7.